The standard InChI is InChI=1S/C23H28N2O10S/c1-32-21-16-18(8-11-22(26)33-13-2-3-14-34-25(28)29)7-10-20(21)35-23(27)12-9-17-5-4-6-19(15-17)36(24,30)31/h4-8,10-11,15-16,28-29H,2-3,9,12-14H2,1H3,(H2,24,30,31)/b11-8+. The minimum atomic E-state index is -3.84. The molecule has 0 aliphatic rings. The molecule has 4 N–H and O–H groups in total. The van der Waals surface area contributed by atoms with Crippen LogP contribution in [0.15, 0.2) is 53.4 Å². The summed E-state index contributed by atoms with van der Waals surface area (Å²) in [5, 5.41) is 21.5. The number of esters is 2. The van der Waals surface area contributed by atoms with Gasteiger partial charge in [0.2, 0.25) is 10.0 Å². The Morgan fingerprint density at radius 2 is 1.81 bits per heavy atom. The van der Waals surface area contributed by atoms with Crippen molar-refractivity contribution in [2.24, 2.45) is 5.14 Å². The van der Waals surface area contributed by atoms with Gasteiger partial charge in [0, 0.05) is 12.5 Å². The zero-order valence-electron chi connectivity index (χ0n) is 19.5. The molecule has 0 saturated heterocycles. The van der Waals surface area contributed by atoms with Gasteiger partial charge in [-0.2, -0.15) is 0 Å². The van der Waals surface area contributed by atoms with Gasteiger partial charge in [-0.15, -0.1) is 0 Å². The third kappa shape index (κ3) is 10.5. The first-order chi connectivity index (χ1) is 17.1. The van der Waals surface area contributed by atoms with Crippen LogP contribution in [0.25, 0.3) is 6.08 Å². The second-order valence-corrected chi connectivity index (χ2v) is 8.93. The Balaban J connectivity index is 1.86. The lowest BCUT2D eigenvalue weighted by Gasteiger charge is -2.10. The zero-order valence-corrected chi connectivity index (χ0v) is 20.3. The van der Waals surface area contributed by atoms with E-state index >= 15 is 0 Å². The molecule has 0 amide bonds. The van der Waals surface area contributed by atoms with Crippen molar-refractivity contribution in [2.75, 3.05) is 20.3 Å². The Morgan fingerprint density at radius 3 is 2.50 bits per heavy atom. The van der Waals surface area contributed by atoms with Crippen molar-refractivity contribution < 1.29 is 47.5 Å². The van der Waals surface area contributed by atoms with Crippen LogP contribution in [-0.4, -0.2) is 56.5 Å². The maximum Gasteiger partial charge on any atom is 0.330 e. The molecule has 0 aromatic heterocycles. The summed E-state index contributed by atoms with van der Waals surface area (Å²) in [5.74, 6) is -0.649. The summed E-state index contributed by atoms with van der Waals surface area (Å²) in [6.45, 7) is 0.191. The van der Waals surface area contributed by atoms with Gasteiger partial charge in [0.05, 0.1) is 30.6 Å². The fourth-order valence-corrected chi connectivity index (χ4v) is 3.49. The summed E-state index contributed by atoms with van der Waals surface area (Å²) in [5.41, 5.74) is 1.22. The van der Waals surface area contributed by atoms with Crippen LogP contribution in [-0.2, 0) is 35.6 Å². The van der Waals surface area contributed by atoms with E-state index in [0.717, 1.165) is 0 Å². The van der Waals surface area contributed by atoms with E-state index in [4.69, 9.17) is 29.8 Å². The van der Waals surface area contributed by atoms with Crippen molar-refractivity contribution >= 4 is 28.0 Å². The molecule has 0 bridgehead atoms. The quantitative estimate of drug-likeness (QED) is 0.109. The number of carbonyl (C=O) groups excluding carboxylic acids is 2. The number of sulfonamides is 1. The Labute approximate surface area is 208 Å². The monoisotopic (exact) mass is 524 g/mol. The van der Waals surface area contributed by atoms with Crippen molar-refractivity contribution in [3.63, 3.8) is 0 Å². The van der Waals surface area contributed by atoms with Crippen LogP contribution in [0.1, 0.15) is 30.4 Å². The molecular formula is C23H28N2O10S. The third-order valence-corrected chi connectivity index (χ3v) is 5.57. The second kappa shape index (κ2) is 14.3. The average molecular weight is 525 g/mol. The fraction of sp³-hybridized carbons (Fsp3) is 0.304. The number of methoxy groups -OCH3 is 1. The maximum atomic E-state index is 12.3. The van der Waals surface area contributed by atoms with Crippen molar-refractivity contribution in [1.82, 2.24) is 5.39 Å². The highest BCUT2D eigenvalue weighted by Crippen LogP contribution is 2.29. The van der Waals surface area contributed by atoms with E-state index in [0.29, 0.717) is 24.0 Å². The third-order valence-electron chi connectivity index (χ3n) is 4.66. The Kier molecular flexibility index (Phi) is 11.5. The number of hydrogen-bond acceptors (Lipinski definition) is 11. The van der Waals surface area contributed by atoms with E-state index < -0.39 is 22.0 Å². The van der Waals surface area contributed by atoms with Gasteiger partial charge >= 0.3 is 11.9 Å². The molecule has 2 aromatic carbocycles. The minimum Gasteiger partial charge on any atom is -0.493 e. The molecule has 196 valence electrons. The number of benzene rings is 2. The van der Waals surface area contributed by atoms with Crippen molar-refractivity contribution in [3.8, 4) is 11.5 Å². The van der Waals surface area contributed by atoms with Crippen LogP contribution in [0.5, 0.6) is 11.5 Å². The highest BCUT2D eigenvalue weighted by Gasteiger charge is 2.13. The van der Waals surface area contributed by atoms with E-state index in [2.05, 4.69) is 4.84 Å². The zero-order chi connectivity index (χ0) is 26.6. The Hall–Kier alpha value is -3.33. The van der Waals surface area contributed by atoms with Gasteiger partial charge in [-0.05, 0) is 60.7 Å². The average Bonchev–Trinajstić information content (AvgIpc) is 2.83. The van der Waals surface area contributed by atoms with Crippen LogP contribution in [0, 0.1) is 0 Å². The summed E-state index contributed by atoms with van der Waals surface area (Å²) >= 11 is 0. The van der Waals surface area contributed by atoms with E-state index in [1.165, 1.54) is 37.5 Å². The maximum absolute atomic E-state index is 12.3. The van der Waals surface area contributed by atoms with Crippen LogP contribution < -0.4 is 14.6 Å². The molecule has 0 aliphatic carbocycles. The molecule has 0 radical (unpaired) electrons. The highest BCUT2D eigenvalue weighted by molar-refractivity contribution is 7.89. The number of aryl methyl sites for hydroxylation is 1. The number of nitrogens with two attached hydrogens (primary N) is 1. The van der Waals surface area contributed by atoms with Crippen molar-refractivity contribution in [3.05, 3.63) is 59.7 Å². The SMILES string of the molecule is COc1cc(/C=C/C(=O)OCCCCON(O)O)ccc1OC(=O)CCc1cccc(S(N)(=O)=O)c1. The first-order valence-corrected chi connectivity index (χ1v) is 12.3. The first kappa shape index (κ1) is 28.9. The second-order valence-electron chi connectivity index (χ2n) is 7.37. The molecule has 0 atom stereocenters. The molecule has 2 rings (SSSR count). The number of nitrogens with zero attached hydrogens (tertiary/aromatic N) is 1. The molecule has 0 aliphatic heterocycles. The van der Waals surface area contributed by atoms with Gasteiger partial charge < -0.3 is 14.2 Å². The lowest BCUT2D eigenvalue weighted by molar-refractivity contribution is -0.492. The molecule has 12 nitrogen and oxygen atoms in total. The highest BCUT2D eigenvalue weighted by atomic mass is 32.2. The normalized spacial score (nSPS) is 11.6. The number of ether oxygens (including phenoxy) is 3. The predicted molar refractivity (Wildman–Crippen MR) is 125 cm³/mol. The predicted octanol–water partition coefficient (Wildman–Crippen LogP) is 2.23. The summed E-state index contributed by atoms with van der Waals surface area (Å²) in [7, 11) is -2.43. The van der Waals surface area contributed by atoms with Gasteiger partial charge in [0.25, 0.3) is 0 Å². The van der Waals surface area contributed by atoms with Crippen molar-refractivity contribution in [2.45, 2.75) is 30.6 Å². The summed E-state index contributed by atoms with van der Waals surface area (Å²) in [6, 6.07) is 10.7. The van der Waals surface area contributed by atoms with Crippen LogP contribution in [0.2, 0.25) is 0 Å². The molecule has 36 heavy (non-hydrogen) atoms. The Morgan fingerprint density at radius 1 is 1.06 bits per heavy atom. The van der Waals surface area contributed by atoms with Crippen LogP contribution in [0.3, 0.4) is 0 Å². The van der Waals surface area contributed by atoms with E-state index in [1.807, 2.05) is 0 Å². The lowest BCUT2D eigenvalue weighted by Crippen LogP contribution is -2.15. The minimum absolute atomic E-state index is 0.00486. The summed E-state index contributed by atoms with van der Waals surface area (Å²) in [6.07, 6.45) is 3.91. The molecule has 13 heteroatoms. The molecule has 0 saturated carbocycles. The van der Waals surface area contributed by atoms with Gasteiger partial charge in [-0.3, -0.25) is 20.0 Å². The fourth-order valence-electron chi connectivity index (χ4n) is 2.91. The van der Waals surface area contributed by atoms with Gasteiger partial charge in [0.15, 0.2) is 11.5 Å². The number of carbonyl (C=O) groups is 2. The number of hydrogen-bond donors (Lipinski definition) is 3. The largest absolute Gasteiger partial charge is 0.493 e. The van der Waals surface area contributed by atoms with Gasteiger partial charge in [0.1, 0.15) is 0 Å². The van der Waals surface area contributed by atoms with Gasteiger partial charge in [-0.25, -0.2) is 18.4 Å². The van der Waals surface area contributed by atoms with Crippen LogP contribution >= 0.6 is 0 Å². The molecule has 2 aromatic rings. The first-order valence-electron chi connectivity index (χ1n) is 10.7. The lowest BCUT2D eigenvalue weighted by atomic mass is 10.1. The molecule has 0 spiro atoms. The van der Waals surface area contributed by atoms with E-state index in [9.17, 15) is 18.0 Å². The van der Waals surface area contributed by atoms with Gasteiger partial charge in [-0.1, -0.05) is 18.2 Å². The van der Waals surface area contributed by atoms with Crippen LogP contribution in [0.4, 0.5) is 0 Å². The summed E-state index contributed by atoms with van der Waals surface area (Å²) in [4.78, 5) is 28.5. The molecule has 0 heterocycles. The number of unbranched alkanes of at least 4 members (excludes halogenated alkanes) is 1. The molecule has 0 fully saturated rings. The number of rotatable bonds is 14. The smallest absolute Gasteiger partial charge is 0.330 e. The topological polar surface area (TPSA) is 175 Å². The Bertz CT molecular complexity index is 1170. The summed E-state index contributed by atoms with van der Waals surface area (Å²) < 4.78 is 38.6. The number of primary sulfonamides is 1. The molecule has 0 unspecified atom stereocenters. The van der Waals surface area contributed by atoms with E-state index in [1.54, 1.807) is 24.3 Å². The molecular weight excluding hydrogens is 496 g/mol. The van der Waals surface area contributed by atoms with Crippen molar-refractivity contribution in [1.29, 1.82) is 0 Å². The van der Waals surface area contributed by atoms with E-state index in [-0.39, 0.29) is 47.8 Å².